The Bertz CT molecular complexity index is 1170. The van der Waals surface area contributed by atoms with E-state index in [9.17, 15) is 19.2 Å². The van der Waals surface area contributed by atoms with Crippen molar-refractivity contribution < 1.29 is 23.9 Å². The quantitative estimate of drug-likeness (QED) is 0.272. The monoisotopic (exact) mass is 610 g/mol. The van der Waals surface area contributed by atoms with E-state index in [2.05, 4.69) is 10.2 Å². The van der Waals surface area contributed by atoms with Crippen LogP contribution in [0.4, 0.5) is 0 Å². The molecule has 0 radical (unpaired) electrons. The van der Waals surface area contributed by atoms with Crippen molar-refractivity contribution >= 4 is 23.7 Å². The molecule has 9 nitrogen and oxygen atoms in total. The number of nitrogens with zero attached hydrogens (tertiary/aromatic N) is 3. The summed E-state index contributed by atoms with van der Waals surface area (Å²) >= 11 is 0. The minimum absolute atomic E-state index is 0.00946. The number of carbonyl (C=O) groups excluding carboxylic acids is 4. The fourth-order valence-corrected chi connectivity index (χ4v) is 6.37. The van der Waals surface area contributed by atoms with Crippen molar-refractivity contribution in [1.29, 1.82) is 0 Å². The molecule has 3 unspecified atom stereocenters. The van der Waals surface area contributed by atoms with Crippen molar-refractivity contribution in [2.45, 2.75) is 110 Å². The number of benzene rings is 1. The Morgan fingerprint density at radius 1 is 0.977 bits per heavy atom. The molecule has 3 amide bonds. The molecule has 1 aromatic rings. The molecule has 9 heteroatoms. The summed E-state index contributed by atoms with van der Waals surface area (Å²) < 4.78 is 5.91. The number of ether oxygens (including phenoxy) is 1. The molecule has 0 aromatic heterocycles. The molecule has 0 saturated carbocycles. The van der Waals surface area contributed by atoms with Gasteiger partial charge in [0, 0.05) is 19.2 Å². The zero-order chi connectivity index (χ0) is 32.6. The summed E-state index contributed by atoms with van der Waals surface area (Å²) in [6, 6.07) is 7.73. The summed E-state index contributed by atoms with van der Waals surface area (Å²) in [5.74, 6) is -1.00. The molecular formula is C35H54N4O5. The minimum Gasteiger partial charge on any atom is -0.456 e. The number of hydrogen-bond acceptors (Lipinski definition) is 6. The number of hydrogen-bond donors (Lipinski definition) is 1. The molecule has 1 aromatic carbocycles. The Balaban J connectivity index is 1.73. The second kappa shape index (κ2) is 16.2. The van der Waals surface area contributed by atoms with Gasteiger partial charge in [0.2, 0.25) is 17.7 Å². The predicted molar refractivity (Wildman–Crippen MR) is 172 cm³/mol. The lowest BCUT2D eigenvalue weighted by molar-refractivity contribution is -0.157. The first-order valence-electron chi connectivity index (χ1n) is 16.4. The maximum absolute atomic E-state index is 13.8. The highest BCUT2D eigenvalue weighted by atomic mass is 16.5. The van der Waals surface area contributed by atoms with E-state index in [1.807, 2.05) is 78.1 Å². The van der Waals surface area contributed by atoms with Crippen LogP contribution in [0.5, 0.6) is 0 Å². The van der Waals surface area contributed by atoms with Crippen molar-refractivity contribution in [2.75, 3.05) is 27.2 Å². The molecule has 244 valence electrons. The number of likely N-dealkylation sites (tertiary alicyclic amines) is 2. The molecule has 2 heterocycles. The van der Waals surface area contributed by atoms with Crippen molar-refractivity contribution in [1.82, 2.24) is 20.0 Å². The minimum atomic E-state index is -0.678. The van der Waals surface area contributed by atoms with Crippen LogP contribution in [0.15, 0.2) is 42.0 Å². The van der Waals surface area contributed by atoms with Crippen LogP contribution in [0.1, 0.15) is 91.7 Å². The molecule has 0 spiro atoms. The fourth-order valence-electron chi connectivity index (χ4n) is 6.37. The number of piperidine rings is 1. The van der Waals surface area contributed by atoms with Crippen LogP contribution >= 0.6 is 0 Å². The van der Waals surface area contributed by atoms with E-state index in [-0.39, 0.29) is 53.7 Å². The van der Waals surface area contributed by atoms with Gasteiger partial charge in [-0.05, 0) is 70.0 Å². The number of carbonyl (C=O) groups is 4. The molecule has 5 atom stereocenters. The molecule has 2 aliphatic heterocycles. The Hall–Kier alpha value is -3.20. The highest BCUT2D eigenvalue weighted by Crippen LogP contribution is 2.27. The molecule has 1 N–H and O–H groups in total. The highest BCUT2D eigenvalue weighted by Gasteiger charge is 2.38. The average molecular weight is 611 g/mol. The number of amides is 3. The zero-order valence-corrected chi connectivity index (χ0v) is 28.0. The van der Waals surface area contributed by atoms with E-state index in [4.69, 9.17) is 4.74 Å². The smallest absolute Gasteiger partial charge is 0.329 e. The maximum atomic E-state index is 13.8. The lowest BCUT2D eigenvalue weighted by atomic mass is 9.96. The second-order valence-electron chi connectivity index (χ2n) is 13.2. The first-order chi connectivity index (χ1) is 20.9. The third-order valence-corrected chi connectivity index (χ3v) is 9.13. The molecule has 3 rings (SSSR count). The van der Waals surface area contributed by atoms with Crippen LogP contribution < -0.4 is 5.32 Å². The van der Waals surface area contributed by atoms with Crippen LogP contribution in [0.2, 0.25) is 0 Å². The summed E-state index contributed by atoms with van der Waals surface area (Å²) in [5, 5.41) is 3.04. The first kappa shape index (κ1) is 35.3. The maximum Gasteiger partial charge on any atom is 0.329 e. The summed E-state index contributed by atoms with van der Waals surface area (Å²) in [7, 11) is 3.69. The Kier molecular flexibility index (Phi) is 13.0. The molecule has 0 bridgehead atoms. The van der Waals surface area contributed by atoms with E-state index in [0.717, 1.165) is 37.8 Å². The van der Waals surface area contributed by atoms with Crippen molar-refractivity contribution in [3.63, 3.8) is 0 Å². The van der Waals surface area contributed by atoms with Crippen molar-refractivity contribution in [3.8, 4) is 0 Å². The van der Waals surface area contributed by atoms with E-state index in [1.165, 1.54) is 0 Å². The summed E-state index contributed by atoms with van der Waals surface area (Å²) in [6.07, 6.45) is 6.24. The molecule has 2 fully saturated rings. The van der Waals surface area contributed by atoms with Crippen LogP contribution in [0, 0.1) is 11.8 Å². The molecule has 2 saturated heterocycles. The molecule has 44 heavy (non-hydrogen) atoms. The summed E-state index contributed by atoms with van der Waals surface area (Å²) in [4.78, 5) is 59.4. The van der Waals surface area contributed by atoms with Gasteiger partial charge in [-0.25, -0.2) is 4.79 Å². The molecule has 0 aliphatic carbocycles. The highest BCUT2D eigenvalue weighted by molar-refractivity contribution is 5.96. The van der Waals surface area contributed by atoms with Gasteiger partial charge in [-0.1, -0.05) is 77.4 Å². The van der Waals surface area contributed by atoms with E-state index < -0.39 is 12.1 Å². The van der Waals surface area contributed by atoms with E-state index in [1.54, 1.807) is 23.8 Å². The van der Waals surface area contributed by atoms with Gasteiger partial charge < -0.3 is 19.9 Å². The van der Waals surface area contributed by atoms with Gasteiger partial charge in [0.15, 0.2) is 0 Å². The van der Waals surface area contributed by atoms with Crippen molar-refractivity contribution in [3.05, 3.63) is 47.5 Å². The third kappa shape index (κ3) is 8.71. The predicted octanol–water partition coefficient (Wildman–Crippen LogP) is 4.73. The van der Waals surface area contributed by atoms with Gasteiger partial charge in [-0.2, -0.15) is 0 Å². The standard InChI is InChI=1S/C35H54N4O5/c1-9-30(26-16-11-10-12-17-26)44-35(43)28-19-15-21-39(28)33(41)25(6)22-29(23(2)3)38(8)34(42)31(24(4)5)36-32(40)27-18-13-14-20-37(27)7/h10-12,16-17,22-24,27-31H,9,13-15,18-21H2,1-8H3,(H,36,40)/b25-22+/t27-,28?,29-,30?,31?/m1/s1. The van der Waals surface area contributed by atoms with Gasteiger partial charge in [0.05, 0.1) is 12.1 Å². The Morgan fingerprint density at radius 2 is 1.64 bits per heavy atom. The summed E-state index contributed by atoms with van der Waals surface area (Å²) in [5.41, 5.74) is 1.41. The van der Waals surface area contributed by atoms with Gasteiger partial charge >= 0.3 is 5.97 Å². The average Bonchev–Trinajstić information content (AvgIpc) is 3.50. The second-order valence-corrected chi connectivity index (χ2v) is 13.2. The fraction of sp³-hybridized carbons (Fsp3) is 0.657. The topological polar surface area (TPSA) is 99.3 Å². The lowest BCUT2D eigenvalue weighted by Gasteiger charge is -2.36. The van der Waals surface area contributed by atoms with Gasteiger partial charge in [0.25, 0.3) is 0 Å². The van der Waals surface area contributed by atoms with E-state index >= 15 is 0 Å². The number of likely N-dealkylation sites (N-methyl/N-ethyl adjacent to an activating group) is 2. The van der Waals surface area contributed by atoms with Crippen LogP contribution in [0.3, 0.4) is 0 Å². The van der Waals surface area contributed by atoms with Crippen LogP contribution in [-0.4, -0.2) is 89.7 Å². The van der Waals surface area contributed by atoms with Gasteiger partial charge in [0.1, 0.15) is 18.2 Å². The van der Waals surface area contributed by atoms with Crippen LogP contribution in [0.25, 0.3) is 0 Å². The number of nitrogens with one attached hydrogen (secondary N) is 1. The molecular weight excluding hydrogens is 556 g/mol. The summed E-state index contributed by atoms with van der Waals surface area (Å²) in [6.45, 7) is 12.9. The SMILES string of the molecule is CCC(OC(=O)C1CCCN1C(=O)/C(C)=C/[C@H](C(C)C)N(C)C(=O)C(NC(=O)[C@H]1CCCCN1C)C(C)C)c1ccccc1. The van der Waals surface area contributed by atoms with Crippen molar-refractivity contribution in [2.24, 2.45) is 11.8 Å². The third-order valence-electron chi connectivity index (χ3n) is 9.13. The number of rotatable bonds is 12. The van der Waals surface area contributed by atoms with Crippen LogP contribution in [-0.2, 0) is 23.9 Å². The molecule has 2 aliphatic rings. The Labute approximate surface area is 264 Å². The number of esters is 1. The first-order valence-corrected chi connectivity index (χ1v) is 16.4. The normalized spacial score (nSPS) is 21.6. The lowest BCUT2D eigenvalue weighted by Crippen LogP contribution is -2.57. The van der Waals surface area contributed by atoms with Gasteiger partial charge in [-0.3, -0.25) is 19.3 Å². The van der Waals surface area contributed by atoms with Gasteiger partial charge in [-0.15, -0.1) is 0 Å². The Morgan fingerprint density at radius 3 is 2.23 bits per heavy atom. The van der Waals surface area contributed by atoms with E-state index in [0.29, 0.717) is 25.0 Å². The zero-order valence-electron chi connectivity index (χ0n) is 28.0. The largest absolute Gasteiger partial charge is 0.456 e.